The van der Waals surface area contributed by atoms with Crippen LogP contribution in [0.1, 0.15) is 0 Å². The van der Waals surface area contributed by atoms with Gasteiger partial charge in [-0.3, -0.25) is 0 Å². The number of nitrogens with zero attached hydrogens (tertiary/aromatic N) is 4. The second-order valence-electron chi connectivity index (χ2n) is 7.21. The average molecular weight is 479 g/mol. The molecule has 0 amide bonds. The Morgan fingerprint density at radius 2 is 1.12 bits per heavy atom. The van der Waals surface area contributed by atoms with Crippen molar-refractivity contribution in [3.63, 3.8) is 0 Å². The monoisotopic (exact) mass is 478 g/mol. The lowest BCUT2D eigenvalue weighted by Gasteiger charge is -2.09. The van der Waals surface area contributed by atoms with E-state index >= 15 is 0 Å². The largest absolute Gasteiger partial charge is 0.504 e. The maximum Gasteiger partial charge on any atom is 0.356 e. The molecule has 0 saturated heterocycles. The third-order valence-electron chi connectivity index (χ3n) is 5.14. The standard InChI is InChI=1S/C22H15ClN6O5/c23-16-11-15(28-21(33)26(19(31)24-28)13-7-3-1-4-8-13)12-17(18(16)30)29-22(34)27(20(32)25-29)14-9-5-2-6-10-14/h1-12,30H,(H,24,31)(H,25,32). The van der Waals surface area contributed by atoms with Crippen molar-refractivity contribution in [2.75, 3.05) is 0 Å². The molecule has 0 aliphatic heterocycles. The second-order valence-corrected chi connectivity index (χ2v) is 7.61. The quantitative estimate of drug-likeness (QED) is 0.357. The molecular weight excluding hydrogens is 464 g/mol. The van der Waals surface area contributed by atoms with Gasteiger partial charge < -0.3 is 5.11 Å². The highest BCUT2D eigenvalue weighted by Crippen LogP contribution is 2.31. The first-order valence-electron chi connectivity index (χ1n) is 9.89. The van der Waals surface area contributed by atoms with E-state index < -0.39 is 28.5 Å². The Bertz CT molecular complexity index is 1760. The second kappa shape index (κ2) is 7.98. The predicted molar refractivity (Wildman–Crippen MR) is 124 cm³/mol. The Balaban J connectivity index is 1.71. The summed E-state index contributed by atoms with van der Waals surface area (Å²) in [5.74, 6) is -0.508. The summed E-state index contributed by atoms with van der Waals surface area (Å²) < 4.78 is 3.51. The molecule has 0 saturated carbocycles. The van der Waals surface area contributed by atoms with Gasteiger partial charge in [0.1, 0.15) is 5.69 Å². The van der Waals surface area contributed by atoms with E-state index in [0.717, 1.165) is 18.5 Å². The Kier molecular flexibility index (Phi) is 4.95. The van der Waals surface area contributed by atoms with Gasteiger partial charge in [-0.25, -0.2) is 43.2 Å². The topological polar surface area (TPSA) is 140 Å². The lowest BCUT2D eigenvalue weighted by Crippen LogP contribution is -2.27. The van der Waals surface area contributed by atoms with Crippen molar-refractivity contribution in [1.29, 1.82) is 0 Å². The van der Waals surface area contributed by atoms with Crippen molar-refractivity contribution in [3.05, 3.63) is 120 Å². The lowest BCUT2D eigenvalue weighted by atomic mass is 10.2. The zero-order valence-electron chi connectivity index (χ0n) is 17.2. The number of para-hydroxylation sites is 2. The van der Waals surface area contributed by atoms with E-state index in [1.165, 1.54) is 12.1 Å². The fraction of sp³-hybridized carbons (Fsp3) is 0. The molecule has 0 unspecified atom stereocenters. The Hall–Kier alpha value is -4.77. The number of aromatic amines is 2. The van der Waals surface area contributed by atoms with Crippen LogP contribution in [0.25, 0.3) is 22.7 Å². The smallest absolute Gasteiger partial charge is 0.356 e. The SMILES string of the molecule is O=c1[nH]n(-c2cc(Cl)c(O)c(-n3[nH]c(=O)n(-c4ccccc4)c3=O)c2)c(=O)n1-c1ccccc1. The van der Waals surface area contributed by atoms with E-state index in [2.05, 4.69) is 10.2 Å². The van der Waals surface area contributed by atoms with E-state index in [4.69, 9.17) is 11.6 Å². The zero-order valence-corrected chi connectivity index (χ0v) is 17.9. The van der Waals surface area contributed by atoms with Crippen molar-refractivity contribution in [2.45, 2.75) is 0 Å². The molecular formula is C22H15ClN6O5. The van der Waals surface area contributed by atoms with Crippen molar-refractivity contribution in [2.24, 2.45) is 0 Å². The van der Waals surface area contributed by atoms with Crippen molar-refractivity contribution >= 4 is 11.6 Å². The average Bonchev–Trinajstić information content (AvgIpc) is 3.30. The number of phenols is 1. The molecule has 0 fully saturated rings. The summed E-state index contributed by atoms with van der Waals surface area (Å²) in [6.07, 6.45) is 0. The molecule has 0 atom stereocenters. The minimum atomic E-state index is -0.803. The predicted octanol–water partition coefficient (Wildman–Crippen LogP) is 1.31. The number of nitrogens with one attached hydrogen (secondary N) is 2. The summed E-state index contributed by atoms with van der Waals surface area (Å²) in [5.41, 5.74) is -2.48. The van der Waals surface area contributed by atoms with Gasteiger partial charge in [-0.15, -0.1) is 0 Å². The third kappa shape index (κ3) is 3.31. The molecule has 2 aromatic heterocycles. The highest BCUT2D eigenvalue weighted by molar-refractivity contribution is 6.32. The van der Waals surface area contributed by atoms with Gasteiger partial charge in [0.2, 0.25) is 0 Å². The van der Waals surface area contributed by atoms with Crippen LogP contribution in [0.3, 0.4) is 0 Å². The molecule has 0 radical (unpaired) electrons. The summed E-state index contributed by atoms with van der Waals surface area (Å²) in [5, 5.41) is 15.1. The molecule has 5 aromatic rings. The maximum absolute atomic E-state index is 13.0. The fourth-order valence-electron chi connectivity index (χ4n) is 3.58. The summed E-state index contributed by atoms with van der Waals surface area (Å²) in [7, 11) is 0. The van der Waals surface area contributed by atoms with Crippen LogP contribution in [0.15, 0.2) is 92.0 Å². The number of phenolic OH excluding ortho intramolecular Hbond substituents is 1. The first kappa shape index (κ1) is 21.1. The van der Waals surface area contributed by atoms with Gasteiger partial charge >= 0.3 is 22.8 Å². The summed E-state index contributed by atoms with van der Waals surface area (Å²) in [6.45, 7) is 0. The number of aromatic hydroxyl groups is 1. The Morgan fingerprint density at radius 3 is 1.65 bits per heavy atom. The number of hydrogen-bond donors (Lipinski definition) is 3. The van der Waals surface area contributed by atoms with Crippen LogP contribution >= 0.6 is 11.6 Å². The van der Waals surface area contributed by atoms with Crippen LogP contribution < -0.4 is 22.8 Å². The summed E-state index contributed by atoms with van der Waals surface area (Å²) >= 11 is 6.17. The number of halogens is 1. The minimum Gasteiger partial charge on any atom is -0.504 e. The van der Waals surface area contributed by atoms with Crippen LogP contribution in [0, 0.1) is 0 Å². The van der Waals surface area contributed by atoms with E-state index in [9.17, 15) is 24.3 Å². The molecule has 3 N–H and O–H groups in total. The van der Waals surface area contributed by atoms with Gasteiger partial charge in [-0.2, -0.15) is 4.68 Å². The lowest BCUT2D eigenvalue weighted by molar-refractivity contribution is 0.469. The number of hydrogen-bond acceptors (Lipinski definition) is 5. The number of aromatic nitrogens is 6. The maximum atomic E-state index is 13.0. The molecule has 0 spiro atoms. The molecule has 11 nitrogen and oxygen atoms in total. The molecule has 5 rings (SSSR count). The van der Waals surface area contributed by atoms with Crippen LogP contribution in [-0.4, -0.2) is 33.8 Å². The molecule has 0 aliphatic carbocycles. The van der Waals surface area contributed by atoms with Gasteiger partial charge in [0, 0.05) is 0 Å². The van der Waals surface area contributed by atoms with E-state index in [1.54, 1.807) is 60.7 Å². The van der Waals surface area contributed by atoms with E-state index in [-0.39, 0.29) is 16.4 Å². The van der Waals surface area contributed by atoms with Crippen LogP contribution in [0.4, 0.5) is 0 Å². The van der Waals surface area contributed by atoms with Crippen LogP contribution in [0.2, 0.25) is 5.02 Å². The van der Waals surface area contributed by atoms with Gasteiger partial charge in [-0.05, 0) is 36.4 Å². The van der Waals surface area contributed by atoms with Crippen molar-refractivity contribution in [1.82, 2.24) is 28.7 Å². The minimum absolute atomic E-state index is 0.0507. The van der Waals surface area contributed by atoms with E-state index in [1.807, 2.05) is 0 Å². The number of rotatable bonds is 4. The van der Waals surface area contributed by atoms with Gasteiger partial charge in [0.05, 0.1) is 22.1 Å². The summed E-state index contributed by atoms with van der Waals surface area (Å²) in [6, 6.07) is 18.9. The number of H-pyrrole nitrogens is 2. The molecule has 0 aliphatic rings. The zero-order chi connectivity index (χ0) is 24.0. The molecule has 34 heavy (non-hydrogen) atoms. The normalized spacial score (nSPS) is 11.1. The van der Waals surface area contributed by atoms with Crippen LogP contribution in [-0.2, 0) is 0 Å². The van der Waals surface area contributed by atoms with Gasteiger partial charge in [0.25, 0.3) is 0 Å². The molecule has 3 aromatic carbocycles. The first-order chi connectivity index (χ1) is 16.4. The highest BCUT2D eigenvalue weighted by Gasteiger charge is 2.20. The third-order valence-corrected chi connectivity index (χ3v) is 5.43. The highest BCUT2D eigenvalue weighted by atomic mass is 35.5. The molecule has 2 heterocycles. The van der Waals surface area contributed by atoms with Crippen molar-refractivity contribution < 1.29 is 5.11 Å². The van der Waals surface area contributed by atoms with Crippen LogP contribution in [0.5, 0.6) is 5.75 Å². The molecule has 0 bridgehead atoms. The summed E-state index contributed by atoms with van der Waals surface area (Å²) in [4.78, 5) is 51.0. The van der Waals surface area contributed by atoms with E-state index in [0.29, 0.717) is 11.4 Å². The Labute approximate surface area is 193 Å². The molecule has 170 valence electrons. The first-order valence-corrected chi connectivity index (χ1v) is 10.3. The fourth-order valence-corrected chi connectivity index (χ4v) is 3.79. The number of benzene rings is 3. The van der Waals surface area contributed by atoms with Crippen molar-refractivity contribution in [3.8, 4) is 28.5 Å². The van der Waals surface area contributed by atoms with Gasteiger partial charge in [-0.1, -0.05) is 48.0 Å². The van der Waals surface area contributed by atoms with Gasteiger partial charge in [0.15, 0.2) is 5.75 Å². The Morgan fingerprint density at radius 1 is 0.647 bits per heavy atom. The molecule has 12 heteroatoms.